The van der Waals surface area contributed by atoms with Crippen molar-refractivity contribution < 1.29 is 0 Å². The number of nitrogens with one attached hydrogen (secondary N) is 1. The Hall–Kier alpha value is -0.830. The van der Waals surface area contributed by atoms with E-state index in [1.165, 1.54) is 6.21 Å². The monoisotopic (exact) mass is 181 g/mol. The second-order valence-corrected chi connectivity index (χ2v) is 4.15. The molecule has 0 radical (unpaired) electrons. The van der Waals surface area contributed by atoms with Gasteiger partial charge in [-0.15, -0.1) is 0 Å². The van der Waals surface area contributed by atoms with Crippen LogP contribution in [-0.2, 0) is 0 Å². The van der Waals surface area contributed by atoms with Crippen molar-refractivity contribution in [2.75, 3.05) is 20.1 Å². The molecule has 1 heterocycles. The Balaban J connectivity index is 2.66. The lowest BCUT2D eigenvalue weighted by atomic mass is 9.77. The summed E-state index contributed by atoms with van der Waals surface area (Å²) in [5.41, 5.74) is 6.90. The van der Waals surface area contributed by atoms with E-state index < -0.39 is 0 Å². The van der Waals surface area contributed by atoms with E-state index in [1.807, 2.05) is 0 Å². The first-order valence-electron chi connectivity index (χ1n) is 4.74. The lowest BCUT2D eigenvalue weighted by molar-refractivity contribution is 0.169. The van der Waals surface area contributed by atoms with E-state index >= 15 is 0 Å². The highest BCUT2D eigenvalue weighted by atomic mass is 15.1. The highest BCUT2D eigenvalue weighted by Crippen LogP contribution is 2.34. The molecule has 0 aromatic heterocycles. The van der Waals surface area contributed by atoms with Gasteiger partial charge in [-0.05, 0) is 39.1 Å². The predicted octanol–water partition coefficient (Wildman–Crippen LogP) is 1.21. The van der Waals surface area contributed by atoms with Crippen LogP contribution in [0, 0.1) is 10.8 Å². The van der Waals surface area contributed by atoms with Crippen LogP contribution >= 0.6 is 0 Å². The van der Waals surface area contributed by atoms with E-state index in [0.717, 1.165) is 31.6 Å². The number of hydrogen-bond acceptors (Lipinski definition) is 3. The molecule has 74 valence electrons. The maximum atomic E-state index is 6.99. The fourth-order valence-electron chi connectivity index (χ4n) is 1.69. The summed E-state index contributed by atoms with van der Waals surface area (Å²) in [7, 11) is 2.14. The Kier molecular flexibility index (Phi) is 3.09. The molecule has 0 amide bonds. The van der Waals surface area contributed by atoms with Crippen LogP contribution in [-0.4, -0.2) is 31.3 Å². The SMILES string of the molecule is CN1CCC(C)(/C(N)=C/C=N)CC1. The minimum Gasteiger partial charge on any atom is -0.402 e. The first-order chi connectivity index (χ1) is 6.08. The summed E-state index contributed by atoms with van der Waals surface area (Å²) in [6, 6.07) is 0. The number of likely N-dealkylation sites (tertiary alicyclic amines) is 1. The Morgan fingerprint density at radius 3 is 2.46 bits per heavy atom. The van der Waals surface area contributed by atoms with Crippen molar-refractivity contribution in [1.29, 1.82) is 5.41 Å². The topological polar surface area (TPSA) is 53.1 Å². The van der Waals surface area contributed by atoms with Gasteiger partial charge in [0.2, 0.25) is 0 Å². The first kappa shape index (κ1) is 10.3. The minimum atomic E-state index is 0.115. The third-order valence-electron chi connectivity index (χ3n) is 3.05. The average molecular weight is 181 g/mol. The minimum absolute atomic E-state index is 0.115. The van der Waals surface area contributed by atoms with Crippen molar-refractivity contribution in [2.24, 2.45) is 11.1 Å². The van der Waals surface area contributed by atoms with E-state index in [2.05, 4.69) is 18.9 Å². The Morgan fingerprint density at radius 1 is 1.46 bits per heavy atom. The molecule has 0 aliphatic carbocycles. The smallest absolute Gasteiger partial charge is 0.0195 e. The van der Waals surface area contributed by atoms with E-state index in [-0.39, 0.29) is 5.41 Å². The molecule has 1 fully saturated rings. The fourth-order valence-corrected chi connectivity index (χ4v) is 1.69. The van der Waals surface area contributed by atoms with Crippen molar-refractivity contribution in [3.8, 4) is 0 Å². The van der Waals surface area contributed by atoms with Crippen LogP contribution in [0.2, 0.25) is 0 Å². The highest BCUT2D eigenvalue weighted by Gasteiger charge is 2.30. The van der Waals surface area contributed by atoms with Gasteiger partial charge in [-0.2, -0.15) is 0 Å². The zero-order valence-electron chi connectivity index (χ0n) is 8.51. The zero-order valence-corrected chi connectivity index (χ0v) is 8.51. The fraction of sp³-hybridized carbons (Fsp3) is 0.700. The molecule has 0 saturated carbocycles. The quantitative estimate of drug-likeness (QED) is 0.629. The molecular weight excluding hydrogens is 162 g/mol. The number of nitrogens with zero attached hydrogens (tertiary/aromatic N) is 1. The van der Waals surface area contributed by atoms with E-state index in [9.17, 15) is 0 Å². The number of hydrogen-bond donors (Lipinski definition) is 2. The number of allylic oxidation sites excluding steroid dienone is 2. The molecule has 0 atom stereocenters. The van der Waals surface area contributed by atoms with Gasteiger partial charge in [0.15, 0.2) is 0 Å². The van der Waals surface area contributed by atoms with Crippen LogP contribution in [0.1, 0.15) is 19.8 Å². The molecule has 0 aromatic rings. The van der Waals surface area contributed by atoms with Gasteiger partial charge in [-0.25, -0.2) is 0 Å². The van der Waals surface area contributed by atoms with Gasteiger partial charge in [0.25, 0.3) is 0 Å². The Bertz CT molecular complexity index is 212. The van der Waals surface area contributed by atoms with Crippen molar-refractivity contribution in [2.45, 2.75) is 19.8 Å². The van der Waals surface area contributed by atoms with Crippen molar-refractivity contribution in [3.63, 3.8) is 0 Å². The summed E-state index contributed by atoms with van der Waals surface area (Å²) in [5, 5.41) is 6.99. The molecule has 13 heavy (non-hydrogen) atoms. The van der Waals surface area contributed by atoms with Crippen LogP contribution in [0.15, 0.2) is 11.8 Å². The summed E-state index contributed by atoms with van der Waals surface area (Å²) in [4.78, 5) is 2.32. The maximum Gasteiger partial charge on any atom is 0.0195 e. The second kappa shape index (κ2) is 3.92. The molecule has 1 rings (SSSR count). The normalized spacial score (nSPS) is 24.3. The van der Waals surface area contributed by atoms with Crippen LogP contribution in [0.3, 0.4) is 0 Å². The van der Waals surface area contributed by atoms with Gasteiger partial charge in [-0.1, -0.05) is 6.92 Å². The molecule has 3 N–H and O–H groups in total. The van der Waals surface area contributed by atoms with Gasteiger partial charge in [0, 0.05) is 17.3 Å². The Morgan fingerprint density at radius 2 is 2.00 bits per heavy atom. The summed E-state index contributed by atoms with van der Waals surface area (Å²) < 4.78 is 0. The van der Waals surface area contributed by atoms with Crippen LogP contribution in [0.25, 0.3) is 0 Å². The van der Waals surface area contributed by atoms with Crippen molar-refractivity contribution >= 4 is 6.21 Å². The molecule has 1 saturated heterocycles. The molecular formula is C10H19N3. The van der Waals surface area contributed by atoms with E-state index in [4.69, 9.17) is 11.1 Å². The first-order valence-corrected chi connectivity index (χ1v) is 4.74. The molecule has 0 bridgehead atoms. The maximum absolute atomic E-state index is 6.99. The third kappa shape index (κ3) is 2.31. The Labute approximate surface area is 80.1 Å². The van der Waals surface area contributed by atoms with E-state index in [1.54, 1.807) is 6.08 Å². The van der Waals surface area contributed by atoms with E-state index in [0.29, 0.717) is 0 Å². The molecule has 0 unspecified atom stereocenters. The standard InChI is InChI=1S/C10H19N3/c1-10(9(12)3-6-11)4-7-13(2)8-5-10/h3,6,11H,4-5,7-8,12H2,1-2H3/b9-3-,11-6?. The summed E-state index contributed by atoms with van der Waals surface area (Å²) in [5.74, 6) is 0. The van der Waals surface area contributed by atoms with Crippen LogP contribution in [0.5, 0.6) is 0 Å². The van der Waals surface area contributed by atoms with Gasteiger partial charge in [-0.3, -0.25) is 0 Å². The third-order valence-corrected chi connectivity index (χ3v) is 3.05. The van der Waals surface area contributed by atoms with Crippen molar-refractivity contribution in [3.05, 3.63) is 11.8 Å². The molecule has 1 aliphatic rings. The van der Waals surface area contributed by atoms with Crippen molar-refractivity contribution in [1.82, 2.24) is 4.90 Å². The lowest BCUT2D eigenvalue weighted by Crippen LogP contribution is -2.39. The van der Waals surface area contributed by atoms with Gasteiger partial charge in [0.05, 0.1) is 0 Å². The van der Waals surface area contributed by atoms with Gasteiger partial charge < -0.3 is 16.0 Å². The zero-order chi connectivity index (χ0) is 9.90. The second-order valence-electron chi connectivity index (χ2n) is 4.15. The number of piperidine rings is 1. The summed E-state index contributed by atoms with van der Waals surface area (Å²) in [6.07, 6.45) is 5.18. The van der Waals surface area contributed by atoms with Crippen LogP contribution < -0.4 is 5.73 Å². The largest absolute Gasteiger partial charge is 0.402 e. The summed E-state index contributed by atoms with van der Waals surface area (Å²) in [6.45, 7) is 4.39. The molecule has 0 aromatic carbocycles. The lowest BCUT2D eigenvalue weighted by Gasteiger charge is -2.38. The number of rotatable bonds is 2. The predicted molar refractivity (Wildman–Crippen MR) is 55.9 cm³/mol. The molecule has 3 heteroatoms. The molecule has 3 nitrogen and oxygen atoms in total. The molecule has 0 spiro atoms. The van der Waals surface area contributed by atoms with Crippen LogP contribution in [0.4, 0.5) is 0 Å². The van der Waals surface area contributed by atoms with Gasteiger partial charge >= 0.3 is 0 Å². The van der Waals surface area contributed by atoms with Gasteiger partial charge in [0.1, 0.15) is 0 Å². The number of nitrogens with two attached hydrogens (primary N) is 1. The molecule has 1 aliphatic heterocycles. The summed E-state index contributed by atoms with van der Waals surface area (Å²) >= 11 is 0. The average Bonchev–Trinajstić information content (AvgIpc) is 2.11. The highest BCUT2D eigenvalue weighted by molar-refractivity contribution is 5.69.